The average Bonchev–Trinajstić information content (AvgIpc) is 3.25. The molecule has 138 valence electrons. The van der Waals surface area contributed by atoms with Gasteiger partial charge >= 0.3 is 0 Å². The van der Waals surface area contributed by atoms with Crippen LogP contribution in [-0.2, 0) is 16.0 Å². The lowest BCUT2D eigenvalue weighted by Crippen LogP contribution is -2.34. The molecular weight excluding hydrogens is 340 g/mol. The van der Waals surface area contributed by atoms with Crippen LogP contribution in [0.25, 0.3) is 5.65 Å². The molecule has 1 aliphatic heterocycles. The summed E-state index contributed by atoms with van der Waals surface area (Å²) in [6.07, 6.45) is 4.85. The monoisotopic (exact) mass is 362 g/mol. The maximum Gasteiger partial charge on any atom is 0.227 e. The maximum atomic E-state index is 12.5. The topological polar surface area (TPSA) is 66.7 Å². The molecule has 0 aliphatic carbocycles. The minimum atomic E-state index is -0.306. The minimum absolute atomic E-state index is 0.000598. The van der Waals surface area contributed by atoms with Crippen LogP contribution in [0.1, 0.15) is 17.7 Å². The third-order valence-electron chi connectivity index (χ3n) is 4.94. The Kier molecular flexibility index (Phi) is 4.62. The summed E-state index contributed by atoms with van der Waals surface area (Å²) in [4.78, 5) is 31.0. The second-order valence-corrected chi connectivity index (χ2v) is 6.98. The van der Waals surface area contributed by atoms with Crippen LogP contribution in [0.3, 0.4) is 0 Å². The van der Waals surface area contributed by atoms with Crippen molar-refractivity contribution in [2.24, 2.45) is 5.92 Å². The van der Waals surface area contributed by atoms with E-state index in [4.69, 9.17) is 0 Å². The maximum absolute atomic E-state index is 12.5. The van der Waals surface area contributed by atoms with Gasteiger partial charge in [-0.05, 0) is 31.2 Å². The number of aryl methyl sites for hydroxylation is 1. The lowest BCUT2D eigenvalue weighted by molar-refractivity contribution is -0.126. The van der Waals surface area contributed by atoms with E-state index in [2.05, 4.69) is 10.3 Å². The first kappa shape index (κ1) is 17.3. The van der Waals surface area contributed by atoms with Crippen molar-refractivity contribution in [3.8, 4) is 0 Å². The zero-order valence-corrected chi connectivity index (χ0v) is 15.3. The summed E-state index contributed by atoms with van der Waals surface area (Å²) in [5.41, 5.74) is 3.83. The number of anilines is 1. The SMILES string of the molecule is Cc1ccc(N2CC(C(=O)NCCc3cn4ccccc4n3)CC2=O)cc1. The summed E-state index contributed by atoms with van der Waals surface area (Å²) in [5.74, 6) is -0.374. The van der Waals surface area contributed by atoms with Gasteiger partial charge in [-0.15, -0.1) is 0 Å². The van der Waals surface area contributed by atoms with Crippen molar-refractivity contribution >= 4 is 23.1 Å². The largest absolute Gasteiger partial charge is 0.355 e. The van der Waals surface area contributed by atoms with Crippen LogP contribution < -0.4 is 10.2 Å². The summed E-state index contributed by atoms with van der Waals surface area (Å²) in [7, 11) is 0. The van der Waals surface area contributed by atoms with Gasteiger partial charge in [-0.25, -0.2) is 4.98 Å². The molecule has 1 fully saturated rings. The van der Waals surface area contributed by atoms with E-state index in [0.717, 1.165) is 22.6 Å². The van der Waals surface area contributed by atoms with Gasteiger partial charge in [-0.1, -0.05) is 23.8 Å². The third-order valence-corrected chi connectivity index (χ3v) is 4.94. The van der Waals surface area contributed by atoms with Gasteiger partial charge in [-0.2, -0.15) is 0 Å². The number of rotatable bonds is 5. The number of fused-ring (bicyclic) bond motifs is 1. The third kappa shape index (κ3) is 3.69. The van der Waals surface area contributed by atoms with Gasteiger partial charge in [0.2, 0.25) is 11.8 Å². The molecule has 1 N–H and O–H groups in total. The second-order valence-electron chi connectivity index (χ2n) is 6.98. The Bertz CT molecular complexity index is 944. The molecule has 1 atom stereocenters. The van der Waals surface area contributed by atoms with Crippen molar-refractivity contribution in [1.29, 1.82) is 0 Å². The number of nitrogens with one attached hydrogen (secondary N) is 1. The molecular formula is C21H22N4O2. The Labute approximate surface area is 157 Å². The number of amides is 2. The highest BCUT2D eigenvalue weighted by Gasteiger charge is 2.34. The van der Waals surface area contributed by atoms with E-state index in [1.165, 1.54) is 0 Å². The predicted octanol–water partition coefficient (Wildman–Crippen LogP) is 2.35. The molecule has 0 radical (unpaired) electrons. The minimum Gasteiger partial charge on any atom is -0.355 e. The van der Waals surface area contributed by atoms with Crippen LogP contribution in [0.2, 0.25) is 0 Å². The number of carbonyl (C=O) groups is 2. The van der Waals surface area contributed by atoms with Gasteiger partial charge in [0, 0.05) is 44.0 Å². The normalized spacial score (nSPS) is 16.9. The summed E-state index contributed by atoms with van der Waals surface area (Å²) in [6.45, 7) is 2.95. The van der Waals surface area contributed by atoms with Crippen molar-refractivity contribution in [2.75, 3.05) is 18.0 Å². The molecule has 1 unspecified atom stereocenters. The van der Waals surface area contributed by atoms with Crippen LogP contribution in [0.4, 0.5) is 5.69 Å². The van der Waals surface area contributed by atoms with Gasteiger partial charge in [-0.3, -0.25) is 9.59 Å². The summed E-state index contributed by atoms with van der Waals surface area (Å²) >= 11 is 0. The molecule has 1 aromatic carbocycles. The number of nitrogens with zero attached hydrogens (tertiary/aromatic N) is 3. The van der Waals surface area contributed by atoms with Crippen LogP contribution >= 0.6 is 0 Å². The zero-order chi connectivity index (χ0) is 18.8. The molecule has 0 spiro atoms. The van der Waals surface area contributed by atoms with Crippen LogP contribution in [0.5, 0.6) is 0 Å². The molecule has 0 saturated carbocycles. The molecule has 27 heavy (non-hydrogen) atoms. The molecule has 3 heterocycles. The molecule has 4 rings (SSSR count). The van der Waals surface area contributed by atoms with Crippen molar-refractivity contribution in [3.05, 3.63) is 66.1 Å². The van der Waals surface area contributed by atoms with E-state index in [9.17, 15) is 9.59 Å². The van der Waals surface area contributed by atoms with E-state index in [1.54, 1.807) is 4.90 Å². The van der Waals surface area contributed by atoms with Gasteiger partial charge in [0.25, 0.3) is 0 Å². The van der Waals surface area contributed by atoms with E-state index >= 15 is 0 Å². The van der Waals surface area contributed by atoms with Crippen LogP contribution in [-0.4, -0.2) is 34.3 Å². The van der Waals surface area contributed by atoms with Crippen LogP contribution in [0, 0.1) is 12.8 Å². The smallest absolute Gasteiger partial charge is 0.227 e. The van der Waals surface area contributed by atoms with Crippen LogP contribution in [0.15, 0.2) is 54.9 Å². The standard InChI is InChI=1S/C21H22N4O2/c1-15-5-7-18(8-6-15)25-13-16(12-20(25)26)21(27)22-10-9-17-14-24-11-3-2-4-19(24)23-17/h2-8,11,14,16H,9-10,12-13H2,1H3,(H,22,27). The fourth-order valence-electron chi connectivity index (χ4n) is 3.42. The molecule has 0 bridgehead atoms. The molecule has 6 heteroatoms. The van der Waals surface area contributed by atoms with E-state index in [0.29, 0.717) is 19.5 Å². The molecule has 6 nitrogen and oxygen atoms in total. The number of benzene rings is 1. The Morgan fingerprint density at radius 1 is 1.22 bits per heavy atom. The predicted molar refractivity (Wildman–Crippen MR) is 104 cm³/mol. The number of carbonyl (C=O) groups excluding carboxylic acids is 2. The quantitative estimate of drug-likeness (QED) is 0.758. The van der Waals surface area contributed by atoms with Crippen molar-refractivity contribution in [2.45, 2.75) is 19.8 Å². The van der Waals surface area contributed by atoms with Gasteiger partial charge in [0.05, 0.1) is 11.6 Å². The highest BCUT2D eigenvalue weighted by atomic mass is 16.2. The highest BCUT2D eigenvalue weighted by Crippen LogP contribution is 2.25. The van der Waals surface area contributed by atoms with Crippen molar-refractivity contribution in [3.63, 3.8) is 0 Å². The summed E-state index contributed by atoms with van der Waals surface area (Å²) < 4.78 is 1.96. The van der Waals surface area contributed by atoms with E-state index in [-0.39, 0.29) is 24.2 Å². The Morgan fingerprint density at radius 2 is 2.04 bits per heavy atom. The lowest BCUT2D eigenvalue weighted by Gasteiger charge is -2.17. The summed E-state index contributed by atoms with van der Waals surface area (Å²) in [5, 5.41) is 2.95. The Balaban J connectivity index is 1.32. The Hall–Kier alpha value is -3.15. The second kappa shape index (κ2) is 7.23. The van der Waals surface area contributed by atoms with E-state index in [1.807, 2.05) is 66.2 Å². The molecule has 3 aromatic rings. The lowest BCUT2D eigenvalue weighted by atomic mass is 10.1. The molecule has 2 amide bonds. The molecule has 1 aliphatic rings. The van der Waals surface area contributed by atoms with Gasteiger partial charge in [0.15, 0.2) is 0 Å². The van der Waals surface area contributed by atoms with Crippen molar-refractivity contribution in [1.82, 2.24) is 14.7 Å². The fourth-order valence-corrected chi connectivity index (χ4v) is 3.42. The first-order valence-corrected chi connectivity index (χ1v) is 9.17. The summed E-state index contributed by atoms with van der Waals surface area (Å²) in [6, 6.07) is 13.7. The number of hydrogen-bond acceptors (Lipinski definition) is 3. The first-order valence-electron chi connectivity index (χ1n) is 9.17. The average molecular weight is 362 g/mol. The molecule has 2 aromatic heterocycles. The van der Waals surface area contributed by atoms with E-state index < -0.39 is 0 Å². The van der Waals surface area contributed by atoms with Gasteiger partial charge < -0.3 is 14.6 Å². The van der Waals surface area contributed by atoms with Crippen molar-refractivity contribution < 1.29 is 9.59 Å². The number of hydrogen-bond donors (Lipinski definition) is 1. The molecule has 1 saturated heterocycles. The fraction of sp³-hybridized carbons (Fsp3) is 0.286. The van der Waals surface area contributed by atoms with Gasteiger partial charge in [0.1, 0.15) is 5.65 Å². The number of pyridine rings is 1. The number of aromatic nitrogens is 2. The number of imidazole rings is 1. The zero-order valence-electron chi connectivity index (χ0n) is 15.3. The first-order chi connectivity index (χ1) is 13.1. The Morgan fingerprint density at radius 3 is 2.81 bits per heavy atom. The highest BCUT2D eigenvalue weighted by molar-refractivity contribution is 6.00.